The summed E-state index contributed by atoms with van der Waals surface area (Å²) in [6.07, 6.45) is 1.75. The molecule has 1 fully saturated rings. The monoisotopic (exact) mass is 312 g/mol. The van der Waals surface area contributed by atoms with Crippen molar-refractivity contribution in [1.82, 2.24) is 4.98 Å². The fourth-order valence-corrected chi connectivity index (χ4v) is 2.57. The van der Waals surface area contributed by atoms with E-state index < -0.39 is 11.9 Å². The average Bonchev–Trinajstić information content (AvgIpc) is 2.42. The zero-order valence-electron chi connectivity index (χ0n) is 11.1. The molecule has 0 radical (unpaired) electrons. The number of ether oxygens (including phenoxy) is 1. The van der Waals surface area contributed by atoms with Crippen molar-refractivity contribution in [2.75, 3.05) is 5.32 Å². The number of amides is 1. The number of primary amides is 1. The number of nitrogens with one attached hydrogen (secondary N) is 1. The van der Waals surface area contributed by atoms with Gasteiger partial charge in [-0.05, 0) is 25.3 Å². The van der Waals surface area contributed by atoms with Gasteiger partial charge in [-0.1, -0.05) is 11.6 Å². The summed E-state index contributed by atoms with van der Waals surface area (Å²) in [4.78, 5) is 14.6. The fourth-order valence-electron chi connectivity index (χ4n) is 2.39. The topological polar surface area (TPSA) is 101 Å². The number of carbonyl (C=O) groups is 1. The third-order valence-electron chi connectivity index (χ3n) is 3.30. The minimum atomic E-state index is -0.814. The number of carbonyl (C=O) groups excluding carboxylic acids is 1. The lowest BCUT2D eigenvalue weighted by molar-refractivity contribution is 0.0796. The van der Waals surface area contributed by atoms with Crippen LogP contribution < -0.4 is 11.1 Å². The van der Waals surface area contributed by atoms with Crippen LogP contribution in [-0.2, 0) is 4.74 Å². The summed E-state index contributed by atoms with van der Waals surface area (Å²) in [5.74, 6) is -0.655. The molecule has 6 nitrogen and oxygen atoms in total. The van der Waals surface area contributed by atoms with E-state index >= 15 is 0 Å². The van der Waals surface area contributed by atoms with Gasteiger partial charge in [0.25, 0.3) is 0 Å². The Morgan fingerprint density at radius 2 is 2.38 bits per heavy atom. The van der Waals surface area contributed by atoms with Gasteiger partial charge in [0.05, 0.1) is 5.56 Å². The van der Waals surface area contributed by atoms with Crippen LogP contribution in [0.15, 0.2) is 6.07 Å². The maximum atomic E-state index is 13.8. The second-order valence-corrected chi connectivity index (χ2v) is 5.19. The van der Waals surface area contributed by atoms with Crippen molar-refractivity contribution in [3.8, 4) is 6.07 Å². The van der Waals surface area contributed by atoms with Gasteiger partial charge in [0.2, 0.25) is 0 Å². The highest BCUT2D eigenvalue weighted by Crippen LogP contribution is 2.26. The SMILES string of the molecule is N#Cc1cc(F)c(NC2CCCC(OC(N)=O)C2)nc1Cl. The minimum Gasteiger partial charge on any atom is -0.446 e. The van der Waals surface area contributed by atoms with E-state index in [1.807, 2.05) is 0 Å². The molecule has 3 N–H and O–H groups in total. The van der Waals surface area contributed by atoms with Crippen LogP contribution in [0.4, 0.5) is 15.0 Å². The Bertz CT molecular complexity index is 590. The van der Waals surface area contributed by atoms with Gasteiger partial charge in [0.1, 0.15) is 17.3 Å². The van der Waals surface area contributed by atoms with Crippen molar-refractivity contribution in [3.63, 3.8) is 0 Å². The van der Waals surface area contributed by atoms with Crippen molar-refractivity contribution in [1.29, 1.82) is 5.26 Å². The van der Waals surface area contributed by atoms with E-state index in [0.717, 1.165) is 25.3 Å². The highest BCUT2D eigenvalue weighted by Gasteiger charge is 2.25. The van der Waals surface area contributed by atoms with Crippen molar-refractivity contribution >= 4 is 23.5 Å². The zero-order valence-corrected chi connectivity index (χ0v) is 11.9. The smallest absolute Gasteiger partial charge is 0.404 e. The Balaban J connectivity index is 2.06. The molecule has 1 aliphatic carbocycles. The molecule has 0 bridgehead atoms. The van der Waals surface area contributed by atoms with Gasteiger partial charge >= 0.3 is 6.09 Å². The molecule has 0 aliphatic heterocycles. The summed E-state index contributed by atoms with van der Waals surface area (Å²) < 4.78 is 18.8. The first-order valence-corrected chi connectivity index (χ1v) is 6.86. The third-order valence-corrected chi connectivity index (χ3v) is 3.59. The van der Waals surface area contributed by atoms with E-state index in [9.17, 15) is 9.18 Å². The molecule has 2 atom stereocenters. The predicted octanol–water partition coefficient (Wildman–Crippen LogP) is 2.56. The molecule has 0 saturated heterocycles. The van der Waals surface area contributed by atoms with Crippen molar-refractivity contribution in [3.05, 3.63) is 22.6 Å². The number of halogens is 2. The highest BCUT2D eigenvalue weighted by molar-refractivity contribution is 6.30. The summed E-state index contributed by atoms with van der Waals surface area (Å²) >= 11 is 5.79. The fraction of sp³-hybridized carbons (Fsp3) is 0.462. The molecule has 21 heavy (non-hydrogen) atoms. The van der Waals surface area contributed by atoms with Crippen LogP contribution in [0.2, 0.25) is 5.15 Å². The quantitative estimate of drug-likeness (QED) is 0.835. The van der Waals surface area contributed by atoms with E-state index in [0.29, 0.717) is 6.42 Å². The molecule has 8 heteroatoms. The Hall–Kier alpha value is -2.07. The summed E-state index contributed by atoms with van der Waals surface area (Å²) in [5, 5.41) is 11.6. The number of rotatable bonds is 3. The number of hydrogen-bond donors (Lipinski definition) is 2. The predicted molar refractivity (Wildman–Crippen MR) is 74.3 cm³/mol. The number of aromatic nitrogens is 1. The van der Waals surface area contributed by atoms with Crippen LogP contribution in [0.25, 0.3) is 0 Å². The lowest BCUT2D eigenvalue weighted by Gasteiger charge is -2.29. The lowest BCUT2D eigenvalue weighted by atomic mass is 9.93. The number of nitrogens with two attached hydrogens (primary N) is 1. The summed E-state index contributed by atoms with van der Waals surface area (Å²) in [5.41, 5.74) is 4.98. The van der Waals surface area contributed by atoms with E-state index in [4.69, 9.17) is 27.3 Å². The van der Waals surface area contributed by atoms with Gasteiger partial charge in [-0.2, -0.15) is 5.26 Å². The molecule has 1 aromatic heterocycles. The largest absolute Gasteiger partial charge is 0.446 e. The maximum absolute atomic E-state index is 13.8. The van der Waals surface area contributed by atoms with E-state index in [-0.39, 0.29) is 28.7 Å². The molecule has 1 amide bonds. The van der Waals surface area contributed by atoms with Gasteiger partial charge in [0.15, 0.2) is 11.6 Å². The van der Waals surface area contributed by atoms with Crippen LogP contribution in [0.3, 0.4) is 0 Å². The van der Waals surface area contributed by atoms with Gasteiger partial charge in [0, 0.05) is 12.5 Å². The van der Waals surface area contributed by atoms with Crippen LogP contribution in [-0.4, -0.2) is 23.2 Å². The van der Waals surface area contributed by atoms with E-state index in [1.165, 1.54) is 0 Å². The Morgan fingerprint density at radius 3 is 3.05 bits per heavy atom. The first-order chi connectivity index (χ1) is 9.99. The molecule has 1 saturated carbocycles. The average molecular weight is 313 g/mol. The molecule has 1 aromatic rings. The number of nitrogens with zero attached hydrogens (tertiary/aromatic N) is 2. The number of hydrogen-bond acceptors (Lipinski definition) is 5. The normalized spacial score (nSPS) is 21.4. The number of anilines is 1. The van der Waals surface area contributed by atoms with Crippen LogP contribution in [0.5, 0.6) is 0 Å². The molecule has 2 rings (SSSR count). The summed E-state index contributed by atoms with van der Waals surface area (Å²) in [7, 11) is 0. The van der Waals surface area contributed by atoms with Crippen molar-refractivity contribution in [2.24, 2.45) is 5.73 Å². The van der Waals surface area contributed by atoms with E-state index in [1.54, 1.807) is 6.07 Å². The zero-order chi connectivity index (χ0) is 15.4. The van der Waals surface area contributed by atoms with Gasteiger partial charge in [-0.25, -0.2) is 14.2 Å². The van der Waals surface area contributed by atoms with Crippen LogP contribution in [0, 0.1) is 17.1 Å². The molecule has 0 spiro atoms. The van der Waals surface area contributed by atoms with Gasteiger partial charge in [-0.3, -0.25) is 0 Å². The second-order valence-electron chi connectivity index (χ2n) is 4.84. The molecule has 2 unspecified atom stereocenters. The first kappa shape index (κ1) is 15.3. The van der Waals surface area contributed by atoms with Crippen molar-refractivity contribution in [2.45, 2.75) is 37.8 Å². The standard InChI is InChI=1S/C13H14ClFN4O2/c14-11-7(6-16)4-10(15)12(19-11)18-8-2-1-3-9(5-8)21-13(17)20/h4,8-9H,1-3,5H2,(H2,17,20)(H,18,19). The molecule has 1 heterocycles. The first-order valence-electron chi connectivity index (χ1n) is 6.48. The van der Waals surface area contributed by atoms with Crippen LogP contribution in [0.1, 0.15) is 31.2 Å². The Labute approximate surface area is 126 Å². The molecular weight excluding hydrogens is 299 g/mol. The van der Waals surface area contributed by atoms with Gasteiger partial charge < -0.3 is 15.8 Å². The Morgan fingerprint density at radius 1 is 1.62 bits per heavy atom. The minimum absolute atomic E-state index is 0.0104. The summed E-state index contributed by atoms with van der Waals surface area (Å²) in [6, 6.07) is 2.70. The molecule has 0 aromatic carbocycles. The van der Waals surface area contributed by atoms with Gasteiger partial charge in [-0.15, -0.1) is 0 Å². The van der Waals surface area contributed by atoms with Crippen molar-refractivity contribution < 1.29 is 13.9 Å². The van der Waals surface area contributed by atoms with E-state index in [2.05, 4.69) is 10.3 Å². The number of pyridine rings is 1. The third kappa shape index (κ3) is 3.95. The molecular formula is C13H14ClFN4O2. The lowest BCUT2D eigenvalue weighted by Crippen LogP contribution is -2.34. The second kappa shape index (κ2) is 6.59. The molecule has 112 valence electrons. The summed E-state index contributed by atoms with van der Waals surface area (Å²) in [6.45, 7) is 0. The molecule has 1 aliphatic rings. The number of nitriles is 1. The maximum Gasteiger partial charge on any atom is 0.404 e. The Kier molecular flexibility index (Phi) is 4.81. The van der Waals surface area contributed by atoms with Crippen LogP contribution >= 0.6 is 11.6 Å². The highest BCUT2D eigenvalue weighted by atomic mass is 35.5.